The maximum Gasteiger partial charge on any atom is 0.0444 e. The summed E-state index contributed by atoms with van der Waals surface area (Å²) in [6.45, 7) is 3.46. The van der Waals surface area contributed by atoms with Crippen LogP contribution in [0.2, 0.25) is 0 Å². The van der Waals surface area contributed by atoms with E-state index in [1.807, 2.05) is 0 Å². The van der Waals surface area contributed by atoms with Gasteiger partial charge in [0.15, 0.2) is 0 Å². The molecule has 0 amide bonds. The first kappa shape index (κ1) is 8.17. The van der Waals surface area contributed by atoms with Gasteiger partial charge in [-0.3, -0.25) is 0 Å². The van der Waals surface area contributed by atoms with E-state index in [4.69, 9.17) is 11.5 Å². The van der Waals surface area contributed by atoms with E-state index in [9.17, 15) is 0 Å². The van der Waals surface area contributed by atoms with E-state index < -0.39 is 0 Å². The predicted octanol–water partition coefficient (Wildman–Crippen LogP) is 0.745. The molecule has 50 valence electrons. The fraction of sp³-hybridized carbons (Fsp3) is 0. The first-order valence-electron chi connectivity index (χ1n) is 2.41. The van der Waals surface area contributed by atoms with E-state index in [2.05, 4.69) is 19.2 Å². The molecule has 4 N–H and O–H groups in total. The zero-order valence-electron chi connectivity index (χ0n) is 5.04. The van der Waals surface area contributed by atoms with E-state index in [-0.39, 0.29) is 0 Å². The summed E-state index contributed by atoms with van der Waals surface area (Å²) in [5, 5.41) is 0. The lowest BCUT2D eigenvalue weighted by molar-refractivity contribution is 1.41. The van der Waals surface area contributed by atoms with Crippen molar-refractivity contribution >= 4 is 12.6 Å². The van der Waals surface area contributed by atoms with Crippen molar-refractivity contribution in [3.05, 3.63) is 35.5 Å². The van der Waals surface area contributed by atoms with Crippen LogP contribution in [0.4, 0.5) is 0 Å². The van der Waals surface area contributed by atoms with Gasteiger partial charge in [0.25, 0.3) is 0 Å². The highest BCUT2D eigenvalue weighted by atomic mass is 32.1. The number of hydrogen-bond acceptors (Lipinski definition) is 3. The van der Waals surface area contributed by atoms with Crippen LogP contribution in [0.1, 0.15) is 0 Å². The second-order valence-corrected chi connectivity index (χ2v) is 1.89. The van der Waals surface area contributed by atoms with Gasteiger partial charge in [0.2, 0.25) is 0 Å². The Labute approximate surface area is 60.3 Å². The Bertz CT molecular complexity index is 158. The van der Waals surface area contributed by atoms with Crippen LogP contribution in [0.3, 0.4) is 0 Å². The van der Waals surface area contributed by atoms with Gasteiger partial charge < -0.3 is 11.5 Å². The van der Waals surface area contributed by atoms with E-state index in [0.717, 1.165) is 0 Å². The zero-order chi connectivity index (χ0) is 7.28. The molecule has 0 saturated carbocycles. The molecule has 0 aliphatic heterocycles. The van der Waals surface area contributed by atoms with E-state index in [0.29, 0.717) is 10.6 Å². The summed E-state index contributed by atoms with van der Waals surface area (Å²) in [6.07, 6.45) is 4.49. The quantitative estimate of drug-likeness (QED) is 0.393. The Hall–Kier alpha value is -0.830. The van der Waals surface area contributed by atoms with Crippen molar-refractivity contribution in [2.75, 3.05) is 0 Å². The highest BCUT2D eigenvalue weighted by molar-refractivity contribution is 7.84. The van der Waals surface area contributed by atoms with E-state index >= 15 is 0 Å². The van der Waals surface area contributed by atoms with Gasteiger partial charge in [-0.15, -0.1) is 12.6 Å². The number of nitrogens with two attached hydrogens (primary N) is 2. The Balaban J connectivity index is 4.27. The predicted molar refractivity (Wildman–Crippen MR) is 43.7 cm³/mol. The largest absolute Gasteiger partial charge is 0.405 e. The lowest BCUT2D eigenvalue weighted by Gasteiger charge is -1.92. The average Bonchev–Trinajstić information content (AvgIpc) is 1.87. The third-order valence-electron chi connectivity index (χ3n) is 0.770. The molecule has 0 spiro atoms. The van der Waals surface area contributed by atoms with Gasteiger partial charge in [-0.25, -0.2) is 0 Å². The lowest BCUT2D eigenvalue weighted by atomic mass is 10.4. The van der Waals surface area contributed by atoms with Crippen LogP contribution < -0.4 is 11.5 Å². The fourth-order valence-corrected chi connectivity index (χ4v) is 0.469. The highest BCUT2D eigenvalue weighted by Crippen LogP contribution is 2.05. The van der Waals surface area contributed by atoms with Crippen molar-refractivity contribution in [3.8, 4) is 0 Å². The van der Waals surface area contributed by atoms with Crippen LogP contribution in [0.5, 0.6) is 0 Å². The topological polar surface area (TPSA) is 52.0 Å². The second kappa shape index (κ2) is 4.09. The standard InChI is InChI=1S/C6H10N2S/c1-2-5(8)6(9)3-4-7/h2-4,9H,1,7-8H2/b4-3-,6-5-. The average molecular weight is 142 g/mol. The monoisotopic (exact) mass is 142 g/mol. The number of rotatable bonds is 2. The van der Waals surface area contributed by atoms with Crippen LogP contribution >= 0.6 is 12.6 Å². The van der Waals surface area contributed by atoms with Crippen molar-refractivity contribution in [1.29, 1.82) is 0 Å². The lowest BCUT2D eigenvalue weighted by Crippen LogP contribution is -1.94. The molecule has 0 aromatic heterocycles. The Morgan fingerprint density at radius 3 is 2.44 bits per heavy atom. The minimum absolute atomic E-state index is 0.528. The zero-order valence-corrected chi connectivity index (χ0v) is 5.94. The van der Waals surface area contributed by atoms with Gasteiger partial charge in [0.1, 0.15) is 0 Å². The molecule has 0 aliphatic carbocycles. The highest BCUT2D eigenvalue weighted by Gasteiger charge is 1.85. The minimum atomic E-state index is 0.528. The molecule has 0 aliphatic rings. The summed E-state index contributed by atoms with van der Waals surface area (Å²) in [5.41, 5.74) is 11.0. The van der Waals surface area contributed by atoms with Crippen LogP contribution in [0.25, 0.3) is 0 Å². The molecule has 0 saturated heterocycles. The smallest absolute Gasteiger partial charge is 0.0444 e. The molecule has 9 heavy (non-hydrogen) atoms. The number of allylic oxidation sites excluding steroid dienone is 2. The van der Waals surface area contributed by atoms with Crippen molar-refractivity contribution in [2.45, 2.75) is 0 Å². The number of thiol groups is 1. The second-order valence-electron chi connectivity index (χ2n) is 1.40. The van der Waals surface area contributed by atoms with Crippen LogP contribution in [0, 0.1) is 0 Å². The van der Waals surface area contributed by atoms with Gasteiger partial charge in [0, 0.05) is 10.6 Å². The van der Waals surface area contributed by atoms with Gasteiger partial charge in [-0.05, 0) is 18.4 Å². The molecule has 2 nitrogen and oxygen atoms in total. The van der Waals surface area contributed by atoms with E-state index in [1.54, 1.807) is 6.08 Å². The summed E-state index contributed by atoms with van der Waals surface area (Å²) in [6, 6.07) is 0. The van der Waals surface area contributed by atoms with Crippen molar-refractivity contribution in [2.24, 2.45) is 11.5 Å². The molecular weight excluding hydrogens is 132 g/mol. The van der Waals surface area contributed by atoms with Crippen LogP contribution in [-0.4, -0.2) is 0 Å². The molecule has 0 unspecified atom stereocenters. The van der Waals surface area contributed by atoms with Crippen LogP contribution in [0.15, 0.2) is 35.5 Å². The fourth-order valence-electron chi connectivity index (χ4n) is 0.292. The summed E-state index contributed by atoms with van der Waals surface area (Å²) in [4.78, 5) is 0.632. The number of hydrogen-bond donors (Lipinski definition) is 3. The molecule has 0 aromatic rings. The maximum absolute atomic E-state index is 5.38. The SMILES string of the molecule is C=C/C(N)=C(S)\C=C/N. The van der Waals surface area contributed by atoms with Gasteiger partial charge in [-0.2, -0.15) is 0 Å². The first-order chi connectivity index (χ1) is 4.22. The molecule has 3 heteroatoms. The molecule has 0 fully saturated rings. The molecule has 0 atom stereocenters. The normalized spacial score (nSPS) is 13.4. The molecule has 0 aromatic carbocycles. The van der Waals surface area contributed by atoms with Crippen molar-refractivity contribution < 1.29 is 0 Å². The van der Waals surface area contributed by atoms with Gasteiger partial charge in [-0.1, -0.05) is 6.58 Å². The molecule has 0 bridgehead atoms. The third kappa shape index (κ3) is 2.87. The summed E-state index contributed by atoms with van der Waals surface area (Å²) in [5.74, 6) is 0. The molecule has 0 radical (unpaired) electrons. The maximum atomic E-state index is 5.38. The molecular formula is C6H10N2S. The summed E-state index contributed by atoms with van der Waals surface area (Å²) in [7, 11) is 0. The third-order valence-corrected chi connectivity index (χ3v) is 1.18. The minimum Gasteiger partial charge on any atom is -0.405 e. The van der Waals surface area contributed by atoms with Crippen LogP contribution in [-0.2, 0) is 0 Å². The Kier molecular flexibility index (Phi) is 3.71. The van der Waals surface area contributed by atoms with Crippen molar-refractivity contribution in [3.63, 3.8) is 0 Å². The Morgan fingerprint density at radius 2 is 2.11 bits per heavy atom. The summed E-state index contributed by atoms with van der Waals surface area (Å²) < 4.78 is 0. The van der Waals surface area contributed by atoms with Crippen molar-refractivity contribution in [1.82, 2.24) is 0 Å². The summed E-state index contributed by atoms with van der Waals surface area (Å²) >= 11 is 4.00. The first-order valence-corrected chi connectivity index (χ1v) is 2.86. The Morgan fingerprint density at radius 1 is 1.56 bits per heavy atom. The molecule has 0 heterocycles. The van der Waals surface area contributed by atoms with Gasteiger partial charge >= 0.3 is 0 Å². The van der Waals surface area contributed by atoms with E-state index in [1.165, 1.54) is 12.3 Å². The molecule has 0 rings (SSSR count). The van der Waals surface area contributed by atoms with Gasteiger partial charge in [0.05, 0.1) is 0 Å².